The average molecular weight is 486 g/mol. The second-order valence-electron chi connectivity index (χ2n) is 7.71. The zero-order valence-electron chi connectivity index (χ0n) is 18.0. The molecule has 0 saturated carbocycles. The van der Waals surface area contributed by atoms with Crippen LogP contribution in [0.3, 0.4) is 0 Å². The van der Waals surface area contributed by atoms with Crippen LogP contribution in [0.2, 0.25) is 10.0 Å². The molecule has 4 rings (SSSR count). The first-order valence-corrected chi connectivity index (χ1v) is 11.0. The number of ether oxygens (including phenoxy) is 1. The number of ketones is 1. The number of hydrogen-bond donors (Lipinski definition) is 1. The number of furan rings is 1. The normalized spacial score (nSPS) is 17.6. The van der Waals surface area contributed by atoms with Crippen LogP contribution >= 0.6 is 23.2 Å². The number of hydrogen-bond acceptors (Lipinski definition) is 5. The summed E-state index contributed by atoms with van der Waals surface area (Å²) in [5, 5.41) is 12.2. The van der Waals surface area contributed by atoms with Gasteiger partial charge in [-0.15, -0.1) is 0 Å². The van der Waals surface area contributed by atoms with Crippen LogP contribution in [0.15, 0.2) is 64.8 Å². The number of methoxy groups -OCH3 is 1. The predicted molar refractivity (Wildman–Crippen MR) is 126 cm³/mol. The lowest BCUT2D eigenvalue weighted by atomic mass is 9.97. The van der Waals surface area contributed by atoms with Crippen LogP contribution in [0.5, 0.6) is 5.75 Å². The molecule has 0 spiro atoms. The van der Waals surface area contributed by atoms with Gasteiger partial charge in [0, 0.05) is 11.6 Å². The molecule has 2 aromatic carbocycles. The number of aliphatic hydroxyl groups excluding tert-OH is 1. The second-order valence-corrected chi connectivity index (χ2v) is 8.56. The molecular formula is C25H21Cl2NO5. The second kappa shape index (κ2) is 9.33. The third-order valence-electron chi connectivity index (χ3n) is 5.55. The molecule has 1 aliphatic heterocycles. The molecular weight excluding hydrogens is 465 g/mol. The molecule has 6 nitrogen and oxygen atoms in total. The van der Waals surface area contributed by atoms with Gasteiger partial charge in [0.25, 0.3) is 11.7 Å². The third kappa shape index (κ3) is 4.36. The minimum Gasteiger partial charge on any atom is -0.507 e. The molecule has 2 heterocycles. The lowest BCUT2D eigenvalue weighted by Crippen LogP contribution is -2.31. The summed E-state index contributed by atoms with van der Waals surface area (Å²) in [5.74, 6) is -1.31. The molecule has 1 N–H and O–H groups in total. The summed E-state index contributed by atoms with van der Waals surface area (Å²) in [4.78, 5) is 27.6. The molecule has 1 atom stereocenters. The van der Waals surface area contributed by atoms with E-state index in [9.17, 15) is 14.7 Å². The smallest absolute Gasteiger partial charge is 0.295 e. The van der Waals surface area contributed by atoms with Crippen LogP contribution < -0.4 is 4.74 Å². The first-order valence-electron chi connectivity index (χ1n) is 10.2. The van der Waals surface area contributed by atoms with Crippen LogP contribution in [0, 0.1) is 6.92 Å². The van der Waals surface area contributed by atoms with Crippen molar-refractivity contribution >= 4 is 40.7 Å². The Balaban J connectivity index is 1.80. The van der Waals surface area contributed by atoms with Crippen LogP contribution in [0.25, 0.3) is 5.76 Å². The summed E-state index contributed by atoms with van der Waals surface area (Å²) in [5.41, 5.74) is 1.86. The van der Waals surface area contributed by atoms with E-state index in [1.807, 2.05) is 12.1 Å². The maximum Gasteiger partial charge on any atom is 0.295 e. The van der Waals surface area contributed by atoms with Crippen molar-refractivity contribution in [2.24, 2.45) is 0 Å². The lowest BCUT2D eigenvalue weighted by molar-refractivity contribution is -0.140. The highest BCUT2D eigenvalue weighted by Gasteiger charge is 2.47. The summed E-state index contributed by atoms with van der Waals surface area (Å²) >= 11 is 12.3. The number of amides is 1. The number of likely N-dealkylation sites (tertiary alicyclic amines) is 1. The van der Waals surface area contributed by atoms with Crippen LogP contribution in [-0.2, 0) is 16.0 Å². The summed E-state index contributed by atoms with van der Waals surface area (Å²) in [6.45, 7) is 2.04. The summed E-state index contributed by atoms with van der Waals surface area (Å²) in [6.07, 6.45) is 1.94. The van der Waals surface area contributed by atoms with Gasteiger partial charge in [0.15, 0.2) is 0 Å². The summed E-state index contributed by atoms with van der Waals surface area (Å²) < 4.78 is 10.9. The Hall–Kier alpha value is -3.22. The average Bonchev–Trinajstić information content (AvgIpc) is 3.40. The predicted octanol–water partition coefficient (Wildman–Crippen LogP) is 5.57. The Labute approximate surface area is 201 Å². The van der Waals surface area contributed by atoms with Crippen molar-refractivity contribution in [2.75, 3.05) is 13.7 Å². The quantitative estimate of drug-likeness (QED) is 0.280. The molecule has 170 valence electrons. The van der Waals surface area contributed by atoms with E-state index in [0.717, 1.165) is 11.1 Å². The Morgan fingerprint density at radius 2 is 1.88 bits per heavy atom. The zero-order valence-corrected chi connectivity index (χ0v) is 19.5. The van der Waals surface area contributed by atoms with Gasteiger partial charge in [-0.05, 0) is 60.9 Å². The molecule has 1 amide bonds. The van der Waals surface area contributed by atoms with Crippen molar-refractivity contribution in [3.05, 3.63) is 92.9 Å². The van der Waals surface area contributed by atoms with E-state index in [4.69, 9.17) is 32.4 Å². The Morgan fingerprint density at radius 1 is 1.15 bits per heavy atom. The molecule has 0 bridgehead atoms. The number of halogens is 2. The summed E-state index contributed by atoms with van der Waals surface area (Å²) in [6, 6.07) is 13.0. The topological polar surface area (TPSA) is 80.0 Å². The van der Waals surface area contributed by atoms with E-state index >= 15 is 0 Å². The molecule has 0 aliphatic carbocycles. The van der Waals surface area contributed by atoms with Gasteiger partial charge in [-0.3, -0.25) is 9.59 Å². The minimum atomic E-state index is -0.892. The van der Waals surface area contributed by atoms with Gasteiger partial charge >= 0.3 is 0 Å². The van der Waals surface area contributed by atoms with Crippen molar-refractivity contribution in [2.45, 2.75) is 19.4 Å². The van der Waals surface area contributed by atoms with Gasteiger partial charge in [0.2, 0.25) is 0 Å². The van der Waals surface area contributed by atoms with Gasteiger partial charge in [0.1, 0.15) is 23.3 Å². The van der Waals surface area contributed by atoms with E-state index in [0.29, 0.717) is 17.2 Å². The molecule has 1 fully saturated rings. The van der Waals surface area contributed by atoms with E-state index < -0.39 is 17.7 Å². The number of aliphatic hydroxyl groups is 1. The highest BCUT2D eigenvalue weighted by molar-refractivity contribution is 6.46. The first-order chi connectivity index (χ1) is 15.8. The molecule has 0 radical (unpaired) electrons. The first kappa shape index (κ1) is 23.0. The van der Waals surface area contributed by atoms with Gasteiger partial charge < -0.3 is 19.2 Å². The number of Topliss-reactive ketones (excluding diaryl/α,β-unsaturated/α-hetero) is 1. The van der Waals surface area contributed by atoms with E-state index in [2.05, 4.69) is 0 Å². The molecule has 1 aliphatic rings. The molecule has 1 unspecified atom stereocenters. The molecule has 1 saturated heterocycles. The van der Waals surface area contributed by atoms with Gasteiger partial charge in [-0.2, -0.15) is 0 Å². The van der Waals surface area contributed by atoms with Crippen LogP contribution in [-0.4, -0.2) is 35.4 Å². The fraction of sp³-hybridized carbons (Fsp3) is 0.200. The van der Waals surface area contributed by atoms with Crippen LogP contribution in [0.4, 0.5) is 0 Å². The van der Waals surface area contributed by atoms with Crippen molar-refractivity contribution in [1.29, 1.82) is 0 Å². The SMILES string of the molecule is COc1c(Cl)cc(C)cc1/C(O)=C1/C(=O)C(=O)N(CCc2ccc(Cl)cc2)C1c1ccco1. The molecule has 33 heavy (non-hydrogen) atoms. The monoisotopic (exact) mass is 485 g/mol. The number of benzene rings is 2. The highest BCUT2D eigenvalue weighted by atomic mass is 35.5. The minimum absolute atomic E-state index is 0.0778. The number of aryl methyl sites for hydroxylation is 1. The van der Waals surface area contributed by atoms with Crippen LogP contribution in [0.1, 0.15) is 28.5 Å². The fourth-order valence-electron chi connectivity index (χ4n) is 4.01. The van der Waals surface area contributed by atoms with E-state index in [-0.39, 0.29) is 34.2 Å². The molecule has 1 aromatic heterocycles. The third-order valence-corrected chi connectivity index (χ3v) is 6.09. The number of carbonyl (C=O) groups is 2. The van der Waals surface area contributed by atoms with Gasteiger partial charge in [-0.25, -0.2) is 0 Å². The molecule has 3 aromatic rings. The Bertz CT molecular complexity index is 1230. The maximum absolute atomic E-state index is 13.1. The number of nitrogens with zero attached hydrogens (tertiary/aromatic N) is 1. The maximum atomic E-state index is 13.1. The van der Waals surface area contributed by atoms with Gasteiger partial charge in [0.05, 0.1) is 29.5 Å². The fourth-order valence-corrected chi connectivity index (χ4v) is 4.49. The Kier molecular flexibility index (Phi) is 6.49. The molecule has 8 heteroatoms. The lowest BCUT2D eigenvalue weighted by Gasteiger charge is -2.23. The zero-order chi connectivity index (χ0) is 23.7. The van der Waals surface area contributed by atoms with Crippen molar-refractivity contribution in [3.8, 4) is 5.75 Å². The standard InChI is InChI=1S/C25H21Cl2NO5/c1-14-12-17(24(32-2)18(27)13-14)22(29)20-21(19-4-3-11-33-19)28(25(31)23(20)30)10-9-15-5-7-16(26)8-6-15/h3-8,11-13,21,29H,9-10H2,1-2H3/b22-20-. The van der Waals surface area contributed by atoms with E-state index in [1.54, 1.807) is 43.3 Å². The highest BCUT2D eigenvalue weighted by Crippen LogP contribution is 2.42. The van der Waals surface area contributed by atoms with Crippen molar-refractivity contribution < 1.29 is 23.8 Å². The van der Waals surface area contributed by atoms with Crippen molar-refractivity contribution in [3.63, 3.8) is 0 Å². The number of rotatable bonds is 6. The van der Waals surface area contributed by atoms with Crippen molar-refractivity contribution in [1.82, 2.24) is 4.90 Å². The largest absolute Gasteiger partial charge is 0.507 e. The summed E-state index contributed by atoms with van der Waals surface area (Å²) in [7, 11) is 1.42. The Morgan fingerprint density at radius 3 is 2.52 bits per heavy atom. The van der Waals surface area contributed by atoms with Gasteiger partial charge in [-0.1, -0.05) is 35.3 Å². The van der Waals surface area contributed by atoms with E-state index in [1.165, 1.54) is 18.3 Å². The number of carbonyl (C=O) groups excluding carboxylic acids is 2.